The molecule has 1 unspecified atom stereocenters. The molecule has 2 heterocycles. The summed E-state index contributed by atoms with van der Waals surface area (Å²) in [6.45, 7) is 4.04. The van der Waals surface area contributed by atoms with Gasteiger partial charge in [-0.1, -0.05) is 29.3 Å². The number of carbonyl (C=O) groups is 1. The van der Waals surface area contributed by atoms with Crippen LogP contribution in [0, 0.1) is 5.82 Å². The molecule has 32 heavy (non-hydrogen) atoms. The lowest BCUT2D eigenvalue weighted by molar-refractivity contribution is -0.142. The van der Waals surface area contributed by atoms with E-state index >= 15 is 0 Å². The summed E-state index contributed by atoms with van der Waals surface area (Å²) in [6, 6.07) is 3.36. The van der Waals surface area contributed by atoms with Crippen molar-refractivity contribution in [2.45, 2.75) is 44.4 Å². The third-order valence-electron chi connectivity index (χ3n) is 5.94. The van der Waals surface area contributed by atoms with E-state index in [1.807, 2.05) is 0 Å². The summed E-state index contributed by atoms with van der Waals surface area (Å²) in [7, 11) is 0. The van der Waals surface area contributed by atoms with Crippen LogP contribution in [0.15, 0.2) is 18.2 Å². The van der Waals surface area contributed by atoms with Crippen molar-refractivity contribution in [3.05, 3.63) is 51.0 Å². The van der Waals surface area contributed by atoms with Gasteiger partial charge in [-0.25, -0.2) is 4.39 Å². The summed E-state index contributed by atoms with van der Waals surface area (Å²) in [6.07, 6.45) is -3.22. The van der Waals surface area contributed by atoms with Crippen molar-refractivity contribution in [2.75, 3.05) is 26.2 Å². The molecular formula is C21H22Cl2F4N4O. The Hall–Kier alpha value is -1.84. The van der Waals surface area contributed by atoms with E-state index in [2.05, 4.69) is 10.00 Å². The molecule has 1 aromatic carbocycles. The number of nitrogens with zero attached hydrogens (tertiary/aromatic N) is 4. The number of carbonyl (C=O) groups excluding carboxylic acids is 1. The predicted molar refractivity (Wildman–Crippen MR) is 112 cm³/mol. The Balaban J connectivity index is 1.43. The van der Waals surface area contributed by atoms with E-state index in [0.29, 0.717) is 43.4 Å². The monoisotopic (exact) mass is 492 g/mol. The summed E-state index contributed by atoms with van der Waals surface area (Å²) in [5.74, 6) is -0.793. The number of amides is 1. The number of benzene rings is 1. The highest BCUT2D eigenvalue weighted by molar-refractivity contribution is 6.32. The Bertz CT molecular complexity index is 1010. The lowest BCUT2D eigenvalue weighted by Crippen LogP contribution is -2.50. The molecule has 0 N–H and O–H groups in total. The molecule has 1 saturated heterocycles. The molecule has 1 atom stereocenters. The van der Waals surface area contributed by atoms with Crippen LogP contribution < -0.4 is 0 Å². The minimum atomic E-state index is -4.68. The average molecular weight is 493 g/mol. The van der Waals surface area contributed by atoms with Crippen LogP contribution in [0.25, 0.3) is 0 Å². The smallest absolute Gasteiger partial charge is 0.338 e. The minimum Gasteiger partial charge on any atom is -0.338 e. The van der Waals surface area contributed by atoms with Crippen LogP contribution in [0.5, 0.6) is 0 Å². The molecule has 4 rings (SSSR count). The van der Waals surface area contributed by atoms with Gasteiger partial charge in [-0.3, -0.25) is 14.4 Å². The van der Waals surface area contributed by atoms with Gasteiger partial charge in [0.2, 0.25) is 5.91 Å². The fourth-order valence-electron chi connectivity index (χ4n) is 4.01. The number of hydrogen-bond acceptors (Lipinski definition) is 3. The highest BCUT2D eigenvalue weighted by Crippen LogP contribution is 2.47. The second-order valence-electron chi connectivity index (χ2n) is 8.28. The quantitative estimate of drug-likeness (QED) is 0.543. The first kappa shape index (κ1) is 23.3. The summed E-state index contributed by atoms with van der Waals surface area (Å²) in [5, 5.41) is 3.65. The van der Waals surface area contributed by atoms with Gasteiger partial charge in [0.05, 0.1) is 10.7 Å². The van der Waals surface area contributed by atoms with Crippen molar-refractivity contribution >= 4 is 29.1 Å². The molecule has 2 fully saturated rings. The molecule has 5 nitrogen and oxygen atoms in total. The second kappa shape index (κ2) is 8.83. The fourth-order valence-corrected chi connectivity index (χ4v) is 4.63. The topological polar surface area (TPSA) is 41.4 Å². The maximum Gasteiger partial charge on any atom is 0.436 e. The Morgan fingerprint density at radius 2 is 1.84 bits per heavy atom. The van der Waals surface area contributed by atoms with E-state index in [1.54, 1.807) is 17.9 Å². The maximum absolute atomic E-state index is 13.3. The Kier molecular flexibility index (Phi) is 6.44. The van der Waals surface area contributed by atoms with Crippen LogP contribution in [0.2, 0.25) is 10.0 Å². The summed E-state index contributed by atoms with van der Waals surface area (Å²) in [4.78, 5) is 16.8. The van der Waals surface area contributed by atoms with E-state index in [1.165, 1.54) is 12.1 Å². The molecule has 2 aromatic rings. The molecule has 0 spiro atoms. The van der Waals surface area contributed by atoms with Crippen molar-refractivity contribution in [3.63, 3.8) is 0 Å². The lowest BCUT2D eigenvalue weighted by Gasteiger charge is -2.36. The number of aromatic nitrogens is 2. The van der Waals surface area contributed by atoms with Crippen molar-refractivity contribution < 1.29 is 22.4 Å². The molecule has 1 amide bonds. The van der Waals surface area contributed by atoms with Gasteiger partial charge in [-0.15, -0.1) is 0 Å². The van der Waals surface area contributed by atoms with E-state index in [4.69, 9.17) is 23.2 Å². The van der Waals surface area contributed by atoms with Crippen molar-refractivity contribution in [2.24, 2.45) is 0 Å². The van der Waals surface area contributed by atoms with Gasteiger partial charge in [0.1, 0.15) is 11.9 Å². The van der Waals surface area contributed by atoms with E-state index in [-0.39, 0.29) is 11.8 Å². The van der Waals surface area contributed by atoms with Crippen molar-refractivity contribution in [1.29, 1.82) is 0 Å². The first-order valence-corrected chi connectivity index (χ1v) is 11.1. The first-order chi connectivity index (χ1) is 15.1. The zero-order valence-corrected chi connectivity index (χ0v) is 18.8. The highest BCUT2D eigenvalue weighted by Gasteiger charge is 2.43. The van der Waals surface area contributed by atoms with Crippen LogP contribution in [-0.2, 0) is 17.5 Å². The van der Waals surface area contributed by atoms with Crippen LogP contribution >= 0.6 is 23.2 Å². The van der Waals surface area contributed by atoms with Gasteiger partial charge in [0, 0.05) is 43.7 Å². The zero-order valence-electron chi connectivity index (χ0n) is 17.3. The van der Waals surface area contributed by atoms with E-state index in [9.17, 15) is 22.4 Å². The van der Waals surface area contributed by atoms with Gasteiger partial charge in [0.15, 0.2) is 5.69 Å². The molecule has 0 radical (unpaired) electrons. The summed E-state index contributed by atoms with van der Waals surface area (Å²) < 4.78 is 54.4. The molecular weight excluding hydrogens is 471 g/mol. The van der Waals surface area contributed by atoms with Gasteiger partial charge in [-0.05, 0) is 37.5 Å². The van der Waals surface area contributed by atoms with E-state index in [0.717, 1.165) is 23.1 Å². The number of rotatable bonds is 5. The third kappa shape index (κ3) is 4.75. The average Bonchev–Trinajstić information content (AvgIpc) is 3.50. The van der Waals surface area contributed by atoms with Gasteiger partial charge >= 0.3 is 6.18 Å². The second-order valence-corrected chi connectivity index (χ2v) is 9.06. The molecule has 0 bridgehead atoms. The minimum absolute atomic E-state index is 0.0985. The number of piperazine rings is 1. The largest absolute Gasteiger partial charge is 0.436 e. The highest BCUT2D eigenvalue weighted by atomic mass is 35.5. The Morgan fingerprint density at radius 1 is 1.19 bits per heavy atom. The Morgan fingerprint density at radius 3 is 2.41 bits per heavy atom. The molecule has 1 aromatic heterocycles. The number of hydrogen-bond donors (Lipinski definition) is 0. The standard InChI is InChI=1S/C21H22Cl2F4N4O/c1-12(31-18(13-2-3-13)17(23)19(28-31)21(25,26)27)20(32)30-8-6-29(7-9-30)11-14-4-5-15(24)10-16(14)22/h4-5,10,12-13H,2-3,6-9,11H2,1H3. The fraction of sp³-hybridized carbons (Fsp3) is 0.524. The number of alkyl halides is 3. The SMILES string of the molecule is CC(C(=O)N1CCN(Cc2ccc(F)cc2Cl)CC1)n1nc(C(F)(F)F)c(Cl)c1C1CC1. The van der Waals surface area contributed by atoms with Gasteiger partial charge < -0.3 is 4.90 Å². The molecule has 2 aliphatic rings. The van der Waals surface area contributed by atoms with Crippen LogP contribution in [0.1, 0.15) is 48.7 Å². The molecule has 174 valence electrons. The normalized spacial score (nSPS) is 18.8. The number of halogens is 6. The first-order valence-electron chi connectivity index (χ1n) is 10.4. The van der Waals surface area contributed by atoms with E-state index < -0.39 is 28.8 Å². The van der Waals surface area contributed by atoms with Crippen LogP contribution in [0.3, 0.4) is 0 Å². The van der Waals surface area contributed by atoms with Gasteiger partial charge in [-0.2, -0.15) is 18.3 Å². The molecule has 1 aliphatic heterocycles. The lowest BCUT2D eigenvalue weighted by atomic mass is 10.1. The molecule has 1 aliphatic carbocycles. The third-order valence-corrected chi connectivity index (χ3v) is 6.66. The van der Waals surface area contributed by atoms with Crippen LogP contribution in [-0.4, -0.2) is 51.7 Å². The van der Waals surface area contributed by atoms with Crippen LogP contribution in [0.4, 0.5) is 17.6 Å². The molecule has 11 heteroatoms. The maximum atomic E-state index is 13.3. The summed E-state index contributed by atoms with van der Waals surface area (Å²) >= 11 is 12.1. The predicted octanol–water partition coefficient (Wildman–Crippen LogP) is 5.13. The summed E-state index contributed by atoms with van der Waals surface area (Å²) in [5.41, 5.74) is -0.0488. The van der Waals surface area contributed by atoms with Crippen molar-refractivity contribution in [1.82, 2.24) is 19.6 Å². The zero-order chi connectivity index (χ0) is 23.2. The Labute approximate surface area is 192 Å². The van der Waals surface area contributed by atoms with Crippen molar-refractivity contribution in [3.8, 4) is 0 Å². The molecule has 1 saturated carbocycles. The van der Waals surface area contributed by atoms with Gasteiger partial charge in [0.25, 0.3) is 0 Å².